The number of amides is 1. The minimum atomic E-state index is 0.198. The Kier molecular flexibility index (Phi) is 7.33. The van der Waals surface area contributed by atoms with Gasteiger partial charge < -0.3 is 19.3 Å². The topological polar surface area (TPSA) is 54.9 Å². The Morgan fingerprint density at radius 1 is 1.06 bits per heavy atom. The predicted molar refractivity (Wildman–Crippen MR) is 132 cm³/mol. The molecule has 174 valence electrons. The van der Waals surface area contributed by atoms with Crippen molar-refractivity contribution in [2.75, 3.05) is 44.8 Å². The summed E-state index contributed by atoms with van der Waals surface area (Å²) >= 11 is 0. The molecule has 2 aromatic carbocycles. The molecule has 1 aromatic heterocycles. The van der Waals surface area contributed by atoms with Gasteiger partial charge in [-0.15, -0.1) is 0 Å². The lowest BCUT2D eigenvalue weighted by atomic mass is 10.1. The smallest absolute Gasteiger partial charge is 0.222 e. The van der Waals surface area contributed by atoms with Gasteiger partial charge in [-0.3, -0.25) is 4.79 Å². The van der Waals surface area contributed by atoms with Crippen LogP contribution in [-0.2, 0) is 11.2 Å². The number of benzene rings is 2. The van der Waals surface area contributed by atoms with Gasteiger partial charge in [-0.1, -0.05) is 31.2 Å². The second-order valence-corrected chi connectivity index (χ2v) is 8.47. The second kappa shape index (κ2) is 10.6. The Bertz CT molecular complexity index is 1090. The summed E-state index contributed by atoms with van der Waals surface area (Å²) in [7, 11) is 1.68. The third kappa shape index (κ3) is 5.38. The van der Waals surface area contributed by atoms with Gasteiger partial charge in [0.2, 0.25) is 5.91 Å². The Morgan fingerprint density at radius 2 is 1.82 bits per heavy atom. The zero-order valence-electron chi connectivity index (χ0n) is 19.8. The van der Waals surface area contributed by atoms with Crippen molar-refractivity contribution < 1.29 is 14.3 Å². The molecule has 6 heteroatoms. The highest BCUT2D eigenvalue weighted by molar-refractivity contribution is 5.89. The number of aromatic nitrogens is 1. The first-order valence-electron chi connectivity index (χ1n) is 11.8. The fraction of sp³-hybridized carbons (Fsp3) is 0.407. The van der Waals surface area contributed by atoms with Crippen LogP contribution in [0.15, 0.2) is 48.5 Å². The summed E-state index contributed by atoms with van der Waals surface area (Å²) in [6, 6.07) is 16.3. The maximum atomic E-state index is 12.7. The molecular weight excluding hydrogens is 414 g/mol. The fourth-order valence-corrected chi connectivity index (χ4v) is 4.28. The maximum absolute atomic E-state index is 12.7. The largest absolute Gasteiger partial charge is 0.494 e. The minimum Gasteiger partial charge on any atom is -0.494 e. The number of carbonyl (C=O) groups is 1. The molecule has 0 N–H and O–H groups in total. The number of pyridine rings is 1. The van der Waals surface area contributed by atoms with E-state index in [1.807, 2.05) is 29.2 Å². The van der Waals surface area contributed by atoms with Gasteiger partial charge in [0, 0.05) is 38.0 Å². The Morgan fingerprint density at radius 3 is 2.52 bits per heavy atom. The molecule has 0 spiro atoms. The van der Waals surface area contributed by atoms with Crippen molar-refractivity contribution in [2.24, 2.45) is 0 Å². The molecule has 0 radical (unpaired) electrons. The molecule has 4 rings (SSSR count). The average Bonchev–Trinajstić information content (AvgIpc) is 2.86. The average molecular weight is 448 g/mol. The molecule has 33 heavy (non-hydrogen) atoms. The van der Waals surface area contributed by atoms with Gasteiger partial charge in [-0.05, 0) is 55.2 Å². The highest BCUT2D eigenvalue weighted by atomic mass is 16.5. The summed E-state index contributed by atoms with van der Waals surface area (Å²) in [6.45, 7) is 7.77. The number of carbonyl (C=O) groups excluding carboxylic acids is 1. The number of ether oxygens (including phenoxy) is 2. The standard InChI is InChI=1S/C27H33N3O3/c1-4-21-10-12-22(13-11-21)33-18-6-9-26(31)30-16-14-29(15-17-30)25-19-20(2)23-7-5-8-24(32-3)27(23)28-25/h5,7-8,10-13,19H,4,6,9,14-18H2,1-3H3. The van der Waals surface area contributed by atoms with E-state index in [-0.39, 0.29) is 5.91 Å². The van der Waals surface area contributed by atoms with E-state index in [1.54, 1.807) is 7.11 Å². The van der Waals surface area contributed by atoms with E-state index in [0.29, 0.717) is 26.1 Å². The molecule has 0 aliphatic carbocycles. The number of rotatable bonds is 8. The zero-order valence-corrected chi connectivity index (χ0v) is 19.8. The fourth-order valence-electron chi connectivity index (χ4n) is 4.28. The molecule has 0 unspecified atom stereocenters. The highest BCUT2D eigenvalue weighted by Crippen LogP contribution is 2.29. The van der Waals surface area contributed by atoms with Crippen molar-refractivity contribution in [1.82, 2.24) is 9.88 Å². The van der Waals surface area contributed by atoms with E-state index >= 15 is 0 Å². The molecule has 0 atom stereocenters. The van der Waals surface area contributed by atoms with Crippen LogP contribution in [-0.4, -0.2) is 55.7 Å². The normalized spacial score (nSPS) is 13.9. The van der Waals surface area contributed by atoms with Crippen LogP contribution in [0.5, 0.6) is 11.5 Å². The molecule has 0 bridgehead atoms. The van der Waals surface area contributed by atoms with Crippen LogP contribution in [0, 0.1) is 6.92 Å². The third-order valence-corrected chi connectivity index (χ3v) is 6.31. The van der Waals surface area contributed by atoms with Crippen molar-refractivity contribution in [2.45, 2.75) is 33.1 Å². The SMILES string of the molecule is CCc1ccc(OCCCC(=O)N2CCN(c3cc(C)c4cccc(OC)c4n3)CC2)cc1. The summed E-state index contributed by atoms with van der Waals surface area (Å²) in [5, 5.41) is 1.11. The number of nitrogens with zero attached hydrogens (tertiary/aromatic N) is 3. The number of hydrogen-bond acceptors (Lipinski definition) is 5. The van der Waals surface area contributed by atoms with E-state index in [2.05, 4.69) is 43.0 Å². The number of hydrogen-bond donors (Lipinski definition) is 0. The Labute approximate surface area is 196 Å². The molecule has 1 saturated heterocycles. The maximum Gasteiger partial charge on any atom is 0.222 e. The van der Waals surface area contributed by atoms with Gasteiger partial charge in [0.25, 0.3) is 0 Å². The number of methoxy groups -OCH3 is 1. The lowest BCUT2D eigenvalue weighted by Crippen LogP contribution is -2.49. The molecule has 6 nitrogen and oxygen atoms in total. The summed E-state index contributed by atoms with van der Waals surface area (Å²) in [5.74, 6) is 2.79. The molecule has 1 aliphatic heterocycles. The van der Waals surface area contributed by atoms with Crippen molar-refractivity contribution >= 4 is 22.6 Å². The quantitative estimate of drug-likeness (QED) is 0.472. The van der Waals surface area contributed by atoms with Crippen molar-refractivity contribution in [3.63, 3.8) is 0 Å². The number of piperazine rings is 1. The van der Waals surface area contributed by atoms with Crippen molar-refractivity contribution in [3.05, 3.63) is 59.7 Å². The Balaban J connectivity index is 1.27. The van der Waals surface area contributed by atoms with Crippen LogP contribution in [0.4, 0.5) is 5.82 Å². The van der Waals surface area contributed by atoms with Crippen LogP contribution in [0.2, 0.25) is 0 Å². The van der Waals surface area contributed by atoms with E-state index < -0.39 is 0 Å². The lowest BCUT2D eigenvalue weighted by Gasteiger charge is -2.35. The molecule has 1 aliphatic rings. The van der Waals surface area contributed by atoms with Crippen LogP contribution in [0.25, 0.3) is 10.9 Å². The predicted octanol–water partition coefficient (Wildman–Crippen LogP) is 4.62. The van der Waals surface area contributed by atoms with E-state index in [1.165, 1.54) is 11.1 Å². The lowest BCUT2D eigenvalue weighted by molar-refractivity contribution is -0.131. The molecular formula is C27H33N3O3. The molecule has 2 heterocycles. The Hall–Kier alpha value is -3.28. The van der Waals surface area contributed by atoms with Gasteiger partial charge in [0.15, 0.2) is 0 Å². The molecule has 3 aromatic rings. The van der Waals surface area contributed by atoms with E-state index in [4.69, 9.17) is 14.5 Å². The third-order valence-electron chi connectivity index (χ3n) is 6.31. The number of fused-ring (bicyclic) bond motifs is 1. The number of anilines is 1. The molecule has 1 fully saturated rings. The van der Waals surface area contributed by atoms with Crippen LogP contribution >= 0.6 is 0 Å². The zero-order chi connectivity index (χ0) is 23.2. The van der Waals surface area contributed by atoms with Gasteiger partial charge in [-0.25, -0.2) is 4.98 Å². The van der Waals surface area contributed by atoms with Crippen LogP contribution in [0.3, 0.4) is 0 Å². The summed E-state index contributed by atoms with van der Waals surface area (Å²) in [4.78, 5) is 21.8. The molecule has 0 saturated carbocycles. The van der Waals surface area contributed by atoms with Gasteiger partial charge in [0.05, 0.1) is 13.7 Å². The van der Waals surface area contributed by atoms with Crippen LogP contribution < -0.4 is 14.4 Å². The number of aryl methyl sites for hydroxylation is 2. The van der Waals surface area contributed by atoms with Crippen molar-refractivity contribution in [3.8, 4) is 11.5 Å². The first-order chi connectivity index (χ1) is 16.1. The van der Waals surface area contributed by atoms with Gasteiger partial charge >= 0.3 is 0 Å². The van der Waals surface area contributed by atoms with Crippen LogP contribution in [0.1, 0.15) is 30.9 Å². The monoisotopic (exact) mass is 447 g/mol. The van der Waals surface area contributed by atoms with E-state index in [0.717, 1.165) is 54.2 Å². The minimum absolute atomic E-state index is 0.198. The first-order valence-corrected chi connectivity index (χ1v) is 11.8. The van der Waals surface area contributed by atoms with Crippen molar-refractivity contribution in [1.29, 1.82) is 0 Å². The summed E-state index contributed by atoms with van der Waals surface area (Å²) in [6.07, 6.45) is 2.25. The number of para-hydroxylation sites is 1. The highest BCUT2D eigenvalue weighted by Gasteiger charge is 2.22. The first kappa shape index (κ1) is 22.9. The summed E-state index contributed by atoms with van der Waals surface area (Å²) in [5.41, 5.74) is 3.36. The van der Waals surface area contributed by atoms with Gasteiger partial charge in [-0.2, -0.15) is 0 Å². The van der Waals surface area contributed by atoms with E-state index in [9.17, 15) is 4.79 Å². The van der Waals surface area contributed by atoms with Gasteiger partial charge in [0.1, 0.15) is 22.8 Å². The second-order valence-electron chi connectivity index (χ2n) is 8.47. The summed E-state index contributed by atoms with van der Waals surface area (Å²) < 4.78 is 11.3. The molecule has 1 amide bonds.